The number of ether oxygens (including phenoxy) is 2. The van der Waals surface area contributed by atoms with Gasteiger partial charge in [-0.2, -0.15) is 0 Å². The number of pyridine rings is 1. The van der Waals surface area contributed by atoms with Crippen LogP contribution in [0.1, 0.15) is 33.3 Å². The van der Waals surface area contributed by atoms with Crippen LogP contribution in [0.2, 0.25) is 0 Å². The van der Waals surface area contributed by atoms with Gasteiger partial charge in [0.25, 0.3) is 0 Å². The smallest absolute Gasteiger partial charge is 0.218 e. The molecule has 1 aliphatic heterocycles. The van der Waals surface area contributed by atoms with Crippen molar-refractivity contribution in [2.75, 3.05) is 46.0 Å². The Labute approximate surface area is 163 Å². The maximum absolute atomic E-state index is 5.60. The lowest BCUT2D eigenvalue weighted by Crippen LogP contribution is -2.52. The summed E-state index contributed by atoms with van der Waals surface area (Å²) in [5, 5.41) is 6.85. The van der Waals surface area contributed by atoms with E-state index in [2.05, 4.69) is 41.3 Å². The van der Waals surface area contributed by atoms with E-state index in [0.717, 1.165) is 50.9 Å². The SMILES string of the molecule is CCNC(=NCc1cccnc1OCC)NCC(C(C)C)N1CCOCC1. The number of nitrogens with one attached hydrogen (secondary N) is 2. The van der Waals surface area contributed by atoms with Gasteiger partial charge in [0.05, 0.1) is 26.4 Å². The summed E-state index contributed by atoms with van der Waals surface area (Å²) >= 11 is 0. The van der Waals surface area contributed by atoms with Gasteiger partial charge in [0.15, 0.2) is 5.96 Å². The molecule has 0 spiro atoms. The van der Waals surface area contributed by atoms with Gasteiger partial charge in [-0.15, -0.1) is 0 Å². The van der Waals surface area contributed by atoms with Crippen molar-refractivity contribution < 1.29 is 9.47 Å². The van der Waals surface area contributed by atoms with Crippen LogP contribution < -0.4 is 15.4 Å². The largest absolute Gasteiger partial charge is 0.478 e. The molecule has 7 heteroatoms. The molecule has 0 aliphatic carbocycles. The fourth-order valence-electron chi connectivity index (χ4n) is 3.21. The normalized spacial score (nSPS) is 17.0. The van der Waals surface area contributed by atoms with Crippen molar-refractivity contribution in [3.8, 4) is 5.88 Å². The Bertz CT molecular complexity index is 573. The fraction of sp³-hybridized carbons (Fsp3) is 0.700. The summed E-state index contributed by atoms with van der Waals surface area (Å²) in [5.74, 6) is 2.04. The predicted octanol–water partition coefficient (Wildman–Crippen LogP) is 1.89. The third-order valence-corrected chi connectivity index (χ3v) is 4.65. The third-order valence-electron chi connectivity index (χ3n) is 4.65. The van der Waals surface area contributed by atoms with Crippen LogP contribution >= 0.6 is 0 Å². The van der Waals surface area contributed by atoms with Crippen LogP contribution in [0.4, 0.5) is 0 Å². The van der Waals surface area contributed by atoms with Crippen LogP contribution in [0, 0.1) is 5.92 Å². The summed E-state index contributed by atoms with van der Waals surface area (Å²) in [6, 6.07) is 4.38. The number of guanidine groups is 1. The zero-order valence-corrected chi connectivity index (χ0v) is 17.2. The van der Waals surface area contributed by atoms with Gasteiger partial charge in [0, 0.05) is 44.0 Å². The zero-order chi connectivity index (χ0) is 19.5. The van der Waals surface area contributed by atoms with Gasteiger partial charge in [0.2, 0.25) is 5.88 Å². The first-order valence-electron chi connectivity index (χ1n) is 10.1. The molecule has 1 aromatic rings. The van der Waals surface area contributed by atoms with E-state index in [-0.39, 0.29) is 0 Å². The molecule has 0 radical (unpaired) electrons. The minimum absolute atomic E-state index is 0.454. The van der Waals surface area contributed by atoms with Gasteiger partial charge in [-0.3, -0.25) is 4.90 Å². The quantitative estimate of drug-likeness (QED) is 0.506. The van der Waals surface area contributed by atoms with Crippen LogP contribution in [-0.2, 0) is 11.3 Å². The van der Waals surface area contributed by atoms with Crippen LogP contribution in [0.3, 0.4) is 0 Å². The number of rotatable bonds is 9. The average Bonchev–Trinajstić information content (AvgIpc) is 2.68. The number of hydrogen-bond acceptors (Lipinski definition) is 5. The van der Waals surface area contributed by atoms with Crippen LogP contribution in [0.15, 0.2) is 23.3 Å². The first kappa shape index (κ1) is 21.4. The summed E-state index contributed by atoms with van der Waals surface area (Å²) in [6.45, 7) is 15.0. The van der Waals surface area contributed by atoms with E-state index >= 15 is 0 Å². The molecule has 2 N–H and O–H groups in total. The van der Waals surface area contributed by atoms with Crippen molar-refractivity contribution in [1.82, 2.24) is 20.5 Å². The molecule has 1 unspecified atom stereocenters. The van der Waals surface area contributed by atoms with E-state index in [9.17, 15) is 0 Å². The summed E-state index contributed by atoms with van der Waals surface area (Å²) in [6.07, 6.45) is 1.75. The standard InChI is InChI=1S/C20H35N5O2/c1-5-21-20(23-14-17-8-7-9-22-19(17)27-6-2)24-15-18(16(3)4)25-10-12-26-13-11-25/h7-9,16,18H,5-6,10-15H2,1-4H3,(H2,21,23,24). The molecule has 7 nitrogen and oxygen atoms in total. The van der Waals surface area contributed by atoms with E-state index in [1.165, 1.54) is 0 Å². The van der Waals surface area contributed by atoms with Crippen molar-refractivity contribution in [3.05, 3.63) is 23.9 Å². The number of aliphatic imine (C=N–C) groups is 1. The molecule has 0 saturated carbocycles. The van der Waals surface area contributed by atoms with Crippen molar-refractivity contribution in [2.45, 2.75) is 40.3 Å². The van der Waals surface area contributed by atoms with Crippen molar-refractivity contribution >= 4 is 5.96 Å². The molecule has 1 aliphatic rings. The Morgan fingerprint density at radius 2 is 2.07 bits per heavy atom. The molecular formula is C20H35N5O2. The van der Waals surface area contributed by atoms with Gasteiger partial charge in [-0.05, 0) is 25.8 Å². The van der Waals surface area contributed by atoms with Gasteiger partial charge in [-0.25, -0.2) is 9.98 Å². The summed E-state index contributed by atoms with van der Waals surface area (Å²) in [7, 11) is 0. The molecular weight excluding hydrogens is 342 g/mol. The second kappa shape index (κ2) is 11.8. The van der Waals surface area contributed by atoms with E-state index < -0.39 is 0 Å². The number of nitrogens with zero attached hydrogens (tertiary/aromatic N) is 3. The van der Waals surface area contributed by atoms with Crippen LogP contribution in [0.5, 0.6) is 5.88 Å². The second-order valence-corrected chi connectivity index (χ2v) is 6.94. The highest BCUT2D eigenvalue weighted by Gasteiger charge is 2.23. The van der Waals surface area contributed by atoms with E-state index in [1.54, 1.807) is 6.20 Å². The van der Waals surface area contributed by atoms with Crippen LogP contribution in [0.25, 0.3) is 0 Å². The fourth-order valence-corrected chi connectivity index (χ4v) is 3.21. The summed E-state index contributed by atoms with van der Waals surface area (Å²) in [5.41, 5.74) is 0.991. The van der Waals surface area contributed by atoms with Crippen molar-refractivity contribution in [3.63, 3.8) is 0 Å². The Morgan fingerprint density at radius 3 is 2.74 bits per heavy atom. The number of morpholine rings is 1. The highest BCUT2D eigenvalue weighted by Crippen LogP contribution is 2.15. The van der Waals surface area contributed by atoms with E-state index in [4.69, 9.17) is 14.5 Å². The Kier molecular flexibility index (Phi) is 9.35. The Morgan fingerprint density at radius 1 is 1.30 bits per heavy atom. The molecule has 0 aromatic carbocycles. The molecule has 2 heterocycles. The number of hydrogen-bond donors (Lipinski definition) is 2. The average molecular weight is 378 g/mol. The van der Waals surface area contributed by atoms with Gasteiger partial charge < -0.3 is 20.1 Å². The highest BCUT2D eigenvalue weighted by atomic mass is 16.5. The predicted molar refractivity (Wildman–Crippen MR) is 109 cm³/mol. The van der Waals surface area contributed by atoms with Gasteiger partial charge in [0.1, 0.15) is 0 Å². The van der Waals surface area contributed by atoms with E-state index in [0.29, 0.717) is 31.0 Å². The molecule has 2 rings (SSSR count). The summed E-state index contributed by atoms with van der Waals surface area (Å²) in [4.78, 5) is 11.5. The maximum atomic E-state index is 5.60. The lowest BCUT2D eigenvalue weighted by Gasteiger charge is -2.37. The molecule has 1 fully saturated rings. The summed E-state index contributed by atoms with van der Waals surface area (Å²) < 4.78 is 11.1. The first-order chi connectivity index (χ1) is 13.2. The highest BCUT2D eigenvalue weighted by molar-refractivity contribution is 5.79. The molecule has 152 valence electrons. The first-order valence-corrected chi connectivity index (χ1v) is 10.1. The topological polar surface area (TPSA) is 71.0 Å². The van der Waals surface area contributed by atoms with Gasteiger partial charge in [-0.1, -0.05) is 19.9 Å². The van der Waals surface area contributed by atoms with Crippen molar-refractivity contribution in [1.29, 1.82) is 0 Å². The van der Waals surface area contributed by atoms with Crippen LogP contribution in [-0.4, -0.2) is 67.9 Å². The molecule has 1 saturated heterocycles. The van der Waals surface area contributed by atoms with E-state index in [1.807, 2.05) is 19.1 Å². The maximum Gasteiger partial charge on any atom is 0.218 e. The minimum Gasteiger partial charge on any atom is -0.478 e. The minimum atomic E-state index is 0.454. The number of aromatic nitrogens is 1. The second-order valence-electron chi connectivity index (χ2n) is 6.94. The Balaban J connectivity index is 2.00. The lowest BCUT2D eigenvalue weighted by atomic mass is 10.0. The Hall–Kier alpha value is -1.86. The molecule has 1 aromatic heterocycles. The van der Waals surface area contributed by atoms with Gasteiger partial charge >= 0.3 is 0 Å². The molecule has 1 atom stereocenters. The van der Waals surface area contributed by atoms with Crippen molar-refractivity contribution in [2.24, 2.45) is 10.9 Å². The molecule has 0 amide bonds. The zero-order valence-electron chi connectivity index (χ0n) is 17.2. The molecule has 0 bridgehead atoms. The third kappa shape index (κ3) is 6.99. The molecule has 27 heavy (non-hydrogen) atoms. The monoisotopic (exact) mass is 377 g/mol. The lowest BCUT2D eigenvalue weighted by molar-refractivity contribution is 0.00752.